The van der Waals surface area contributed by atoms with Crippen molar-refractivity contribution < 1.29 is 0 Å². The van der Waals surface area contributed by atoms with E-state index in [2.05, 4.69) is 49.5 Å². The first-order valence-corrected chi connectivity index (χ1v) is 6.77. The Morgan fingerprint density at radius 3 is 2.47 bits per heavy atom. The molecule has 0 saturated carbocycles. The molecule has 98 valence electrons. The van der Waals surface area contributed by atoms with Gasteiger partial charge in [-0.1, -0.05) is 27.2 Å². The smallest absolute Gasteiger partial charge is 0.0954 e. The minimum Gasteiger partial charge on any atom is -0.330 e. The van der Waals surface area contributed by atoms with Gasteiger partial charge in [-0.15, -0.1) is 0 Å². The molecule has 0 bridgehead atoms. The van der Waals surface area contributed by atoms with E-state index >= 15 is 0 Å². The van der Waals surface area contributed by atoms with Crippen LogP contribution in [0.5, 0.6) is 0 Å². The summed E-state index contributed by atoms with van der Waals surface area (Å²) in [5, 5.41) is 3.56. The van der Waals surface area contributed by atoms with Gasteiger partial charge >= 0.3 is 0 Å². The van der Waals surface area contributed by atoms with Gasteiger partial charge in [0, 0.05) is 18.3 Å². The summed E-state index contributed by atoms with van der Waals surface area (Å²) in [7, 11) is 0. The fraction of sp³-hybridized carbons (Fsp3) is 0.786. The van der Waals surface area contributed by atoms with Crippen molar-refractivity contribution in [3.8, 4) is 0 Å². The Morgan fingerprint density at radius 1 is 1.29 bits per heavy atom. The highest BCUT2D eigenvalue weighted by molar-refractivity contribution is 5.09. The third kappa shape index (κ3) is 4.15. The summed E-state index contributed by atoms with van der Waals surface area (Å²) in [5.41, 5.74) is 2.45. The average molecular weight is 237 g/mol. The molecule has 0 saturated heterocycles. The number of aromatic nitrogens is 2. The SMILES string of the molecule is CCCC(CNCC(C)C)n1cnc(C)c1C. The number of nitrogens with one attached hydrogen (secondary N) is 1. The van der Waals surface area contributed by atoms with E-state index in [4.69, 9.17) is 0 Å². The van der Waals surface area contributed by atoms with Gasteiger partial charge in [-0.2, -0.15) is 0 Å². The van der Waals surface area contributed by atoms with Crippen LogP contribution >= 0.6 is 0 Å². The zero-order chi connectivity index (χ0) is 12.8. The molecule has 1 heterocycles. The van der Waals surface area contributed by atoms with Gasteiger partial charge in [0.25, 0.3) is 0 Å². The third-order valence-corrected chi connectivity index (χ3v) is 3.23. The highest BCUT2D eigenvalue weighted by atomic mass is 15.1. The van der Waals surface area contributed by atoms with Crippen LogP contribution in [0.25, 0.3) is 0 Å². The Morgan fingerprint density at radius 2 is 2.00 bits per heavy atom. The monoisotopic (exact) mass is 237 g/mol. The lowest BCUT2D eigenvalue weighted by molar-refractivity contribution is 0.408. The highest BCUT2D eigenvalue weighted by Gasteiger charge is 2.13. The number of rotatable bonds is 7. The molecule has 1 rings (SSSR count). The molecular formula is C14H27N3. The van der Waals surface area contributed by atoms with Gasteiger partial charge in [-0.05, 0) is 32.7 Å². The van der Waals surface area contributed by atoms with Crippen molar-refractivity contribution in [2.45, 2.75) is 53.5 Å². The first kappa shape index (κ1) is 14.2. The summed E-state index contributed by atoms with van der Waals surface area (Å²) >= 11 is 0. The molecule has 1 unspecified atom stereocenters. The topological polar surface area (TPSA) is 29.9 Å². The molecule has 1 atom stereocenters. The van der Waals surface area contributed by atoms with Crippen LogP contribution in [0.4, 0.5) is 0 Å². The predicted octanol–water partition coefficient (Wildman–Crippen LogP) is 3.09. The largest absolute Gasteiger partial charge is 0.330 e. The quantitative estimate of drug-likeness (QED) is 0.790. The van der Waals surface area contributed by atoms with Gasteiger partial charge in [0.15, 0.2) is 0 Å². The second-order valence-corrected chi connectivity index (χ2v) is 5.32. The minimum atomic E-state index is 0.542. The van der Waals surface area contributed by atoms with Crippen LogP contribution in [0, 0.1) is 19.8 Å². The lowest BCUT2D eigenvalue weighted by atomic mass is 10.1. The normalized spacial score (nSPS) is 13.3. The Bertz CT molecular complexity index is 328. The first-order chi connectivity index (χ1) is 8.06. The van der Waals surface area contributed by atoms with Crippen LogP contribution in [-0.4, -0.2) is 22.6 Å². The molecule has 0 radical (unpaired) electrons. The van der Waals surface area contributed by atoms with Crippen LogP contribution < -0.4 is 5.32 Å². The van der Waals surface area contributed by atoms with E-state index in [9.17, 15) is 0 Å². The number of aryl methyl sites for hydroxylation is 1. The minimum absolute atomic E-state index is 0.542. The zero-order valence-corrected chi connectivity index (χ0v) is 12.0. The summed E-state index contributed by atoms with van der Waals surface area (Å²) in [4.78, 5) is 4.40. The standard InChI is InChI=1S/C14H27N3/c1-6-7-14(9-15-8-11(2)3)17-10-16-12(4)13(17)5/h10-11,14-15H,6-9H2,1-5H3. The molecule has 3 heteroatoms. The second kappa shape index (κ2) is 6.80. The van der Waals surface area contributed by atoms with Crippen molar-refractivity contribution in [3.63, 3.8) is 0 Å². The fourth-order valence-corrected chi connectivity index (χ4v) is 2.10. The molecule has 0 amide bonds. The lowest BCUT2D eigenvalue weighted by Gasteiger charge is -2.21. The molecule has 0 aliphatic heterocycles. The van der Waals surface area contributed by atoms with Gasteiger partial charge in [0.2, 0.25) is 0 Å². The molecule has 3 nitrogen and oxygen atoms in total. The van der Waals surface area contributed by atoms with Crippen molar-refractivity contribution in [1.29, 1.82) is 0 Å². The van der Waals surface area contributed by atoms with Crippen LogP contribution in [-0.2, 0) is 0 Å². The van der Waals surface area contributed by atoms with E-state index in [-0.39, 0.29) is 0 Å². The van der Waals surface area contributed by atoms with E-state index in [1.165, 1.54) is 18.5 Å². The molecule has 0 spiro atoms. The van der Waals surface area contributed by atoms with Crippen molar-refractivity contribution in [1.82, 2.24) is 14.9 Å². The maximum absolute atomic E-state index is 4.40. The van der Waals surface area contributed by atoms with Crippen LogP contribution in [0.2, 0.25) is 0 Å². The highest BCUT2D eigenvalue weighted by Crippen LogP contribution is 2.17. The molecule has 1 aromatic rings. The van der Waals surface area contributed by atoms with Gasteiger partial charge < -0.3 is 9.88 Å². The molecule has 17 heavy (non-hydrogen) atoms. The van der Waals surface area contributed by atoms with Gasteiger partial charge in [0.05, 0.1) is 12.0 Å². The summed E-state index contributed by atoms with van der Waals surface area (Å²) in [6.07, 6.45) is 4.41. The second-order valence-electron chi connectivity index (χ2n) is 5.32. The predicted molar refractivity (Wildman–Crippen MR) is 73.4 cm³/mol. The summed E-state index contributed by atoms with van der Waals surface area (Å²) in [6.45, 7) is 13.1. The van der Waals surface area contributed by atoms with Gasteiger partial charge in [-0.3, -0.25) is 0 Å². The molecule has 1 N–H and O–H groups in total. The average Bonchev–Trinajstić information content (AvgIpc) is 2.58. The number of nitrogens with zero attached hydrogens (tertiary/aromatic N) is 2. The van der Waals surface area contributed by atoms with Crippen LogP contribution in [0.1, 0.15) is 51.0 Å². The summed E-state index contributed by atoms with van der Waals surface area (Å²) in [6, 6.07) is 0.542. The van der Waals surface area contributed by atoms with E-state index < -0.39 is 0 Å². The maximum atomic E-state index is 4.40. The lowest BCUT2D eigenvalue weighted by Crippen LogP contribution is -2.28. The van der Waals surface area contributed by atoms with E-state index in [0.717, 1.165) is 18.8 Å². The molecule has 1 aromatic heterocycles. The Kier molecular flexibility index (Phi) is 5.69. The van der Waals surface area contributed by atoms with Crippen LogP contribution in [0.3, 0.4) is 0 Å². The number of imidazole rings is 1. The van der Waals surface area contributed by atoms with E-state index in [1.807, 2.05) is 6.33 Å². The van der Waals surface area contributed by atoms with Crippen molar-refractivity contribution >= 4 is 0 Å². The maximum Gasteiger partial charge on any atom is 0.0954 e. The first-order valence-electron chi connectivity index (χ1n) is 6.77. The molecule has 0 fully saturated rings. The van der Waals surface area contributed by atoms with Crippen molar-refractivity contribution in [3.05, 3.63) is 17.7 Å². The zero-order valence-electron chi connectivity index (χ0n) is 12.0. The molecule has 0 aliphatic rings. The molecular weight excluding hydrogens is 210 g/mol. The van der Waals surface area contributed by atoms with Gasteiger partial charge in [-0.25, -0.2) is 4.98 Å². The van der Waals surface area contributed by atoms with E-state index in [0.29, 0.717) is 12.0 Å². The summed E-state index contributed by atoms with van der Waals surface area (Å²) < 4.78 is 2.33. The van der Waals surface area contributed by atoms with Crippen molar-refractivity contribution in [2.24, 2.45) is 5.92 Å². The van der Waals surface area contributed by atoms with E-state index in [1.54, 1.807) is 0 Å². The molecule has 0 aromatic carbocycles. The Balaban J connectivity index is 2.62. The number of hydrogen-bond donors (Lipinski definition) is 1. The van der Waals surface area contributed by atoms with Crippen LogP contribution in [0.15, 0.2) is 6.33 Å². The van der Waals surface area contributed by atoms with Gasteiger partial charge in [0.1, 0.15) is 0 Å². The Labute approximate surface area is 106 Å². The fourth-order valence-electron chi connectivity index (χ4n) is 2.10. The summed E-state index contributed by atoms with van der Waals surface area (Å²) in [5.74, 6) is 0.711. The Hall–Kier alpha value is -0.830. The van der Waals surface area contributed by atoms with Crippen molar-refractivity contribution in [2.75, 3.05) is 13.1 Å². The molecule has 0 aliphatic carbocycles. The third-order valence-electron chi connectivity index (χ3n) is 3.23. The number of hydrogen-bond acceptors (Lipinski definition) is 2.